The molecular weight excluding hydrogens is 454 g/mol. The lowest BCUT2D eigenvalue weighted by atomic mass is 10.0. The highest BCUT2D eigenvalue weighted by atomic mass is 16.7. The van der Waals surface area contributed by atoms with Gasteiger partial charge in [-0.25, -0.2) is 14.5 Å². The number of benzene rings is 2. The van der Waals surface area contributed by atoms with Crippen molar-refractivity contribution in [3.05, 3.63) is 120 Å². The van der Waals surface area contributed by atoms with Gasteiger partial charge in [0.15, 0.2) is 6.19 Å². The average molecular weight is 482 g/mol. The molecule has 36 heavy (non-hydrogen) atoms. The third kappa shape index (κ3) is 5.69. The number of nitrogens with one attached hydrogen (secondary N) is 1. The Kier molecular flexibility index (Phi) is 8.76. The fourth-order valence-corrected chi connectivity index (χ4v) is 3.80. The number of carbonyl (C=O) groups excluding carboxylic acids is 2. The number of rotatable bonds is 9. The number of nitriles is 1. The first-order chi connectivity index (χ1) is 17.4. The van der Waals surface area contributed by atoms with Crippen LogP contribution in [0.4, 0.5) is 11.4 Å². The normalized spacial score (nSPS) is 14.9. The van der Waals surface area contributed by atoms with Crippen molar-refractivity contribution in [2.75, 3.05) is 11.4 Å². The maximum atomic E-state index is 13.4. The monoisotopic (exact) mass is 481 g/mol. The summed E-state index contributed by atoms with van der Waals surface area (Å²) in [5, 5.41) is 9.89. The van der Waals surface area contributed by atoms with Crippen LogP contribution in [0.5, 0.6) is 0 Å². The molecule has 0 fully saturated rings. The highest BCUT2D eigenvalue weighted by Crippen LogP contribution is 2.41. The average Bonchev–Trinajstić information content (AvgIpc) is 3.02. The summed E-state index contributed by atoms with van der Waals surface area (Å²) in [4.78, 5) is 32.8. The first-order valence-electron chi connectivity index (χ1n) is 11.3. The van der Waals surface area contributed by atoms with Crippen LogP contribution >= 0.6 is 0 Å². The quantitative estimate of drug-likeness (QED) is 0.171. The Labute approximate surface area is 210 Å². The van der Waals surface area contributed by atoms with E-state index in [2.05, 4.69) is 31.4 Å². The van der Waals surface area contributed by atoms with Gasteiger partial charge < -0.3 is 9.57 Å². The van der Waals surface area contributed by atoms with Crippen molar-refractivity contribution in [3.63, 3.8) is 0 Å². The lowest BCUT2D eigenvalue weighted by Crippen LogP contribution is -2.25. The third-order valence-corrected chi connectivity index (χ3v) is 5.57. The molecule has 1 atom stereocenters. The second-order valence-electron chi connectivity index (χ2n) is 7.81. The molecule has 1 heterocycles. The molecule has 0 aliphatic carbocycles. The van der Waals surface area contributed by atoms with Crippen molar-refractivity contribution in [3.8, 4) is 6.19 Å². The summed E-state index contributed by atoms with van der Waals surface area (Å²) in [6.45, 7) is 12.8. The Morgan fingerprint density at radius 3 is 2.47 bits per heavy atom. The minimum Gasteiger partial charge on any atom is -0.453 e. The second kappa shape index (κ2) is 12.2. The van der Waals surface area contributed by atoms with Crippen LogP contribution in [0.2, 0.25) is 0 Å². The molecular formula is C29H27N3O4. The van der Waals surface area contributed by atoms with Gasteiger partial charge in [-0.15, -0.1) is 5.48 Å². The van der Waals surface area contributed by atoms with Crippen molar-refractivity contribution in [1.29, 1.82) is 5.26 Å². The summed E-state index contributed by atoms with van der Waals surface area (Å²) in [5.74, 6) is -1.49. The molecule has 7 nitrogen and oxygen atoms in total. The van der Waals surface area contributed by atoms with Crippen molar-refractivity contribution in [2.45, 2.75) is 19.4 Å². The number of hydroxylamine groups is 1. The van der Waals surface area contributed by atoms with Crippen molar-refractivity contribution >= 4 is 23.3 Å². The van der Waals surface area contributed by atoms with Crippen LogP contribution in [-0.4, -0.2) is 18.5 Å². The number of esters is 1. The molecule has 1 aliphatic heterocycles. The minimum absolute atomic E-state index is 0.0184. The fourth-order valence-electron chi connectivity index (χ4n) is 3.80. The zero-order valence-electron chi connectivity index (χ0n) is 20.1. The molecule has 7 heteroatoms. The lowest BCUT2D eigenvalue weighted by molar-refractivity contribution is -0.149. The highest BCUT2D eigenvalue weighted by molar-refractivity contribution is 6.07. The van der Waals surface area contributed by atoms with Gasteiger partial charge in [0.1, 0.15) is 6.10 Å². The summed E-state index contributed by atoms with van der Waals surface area (Å²) in [6, 6.07) is 14.7. The van der Waals surface area contributed by atoms with E-state index in [1.54, 1.807) is 13.0 Å². The number of allylic oxidation sites excluding steroid dienone is 3. The predicted molar refractivity (Wildman–Crippen MR) is 139 cm³/mol. The van der Waals surface area contributed by atoms with Gasteiger partial charge >= 0.3 is 11.9 Å². The zero-order valence-corrected chi connectivity index (χ0v) is 20.1. The SMILES string of the molecule is C=C/C=C(C(=O)ONCC(=C)C=C)\C(=C/C)C(=O)O[C@H]1Cc2ccccc2N(C#N)c2ccccc21. The summed E-state index contributed by atoms with van der Waals surface area (Å²) >= 11 is 0. The molecule has 0 bridgehead atoms. The van der Waals surface area contributed by atoms with Crippen LogP contribution in [-0.2, 0) is 25.6 Å². The number of carbonyl (C=O) groups is 2. The fraction of sp³-hybridized carbons (Fsp3) is 0.138. The third-order valence-electron chi connectivity index (χ3n) is 5.57. The van der Waals surface area contributed by atoms with E-state index in [1.165, 1.54) is 29.2 Å². The largest absolute Gasteiger partial charge is 0.453 e. The zero-order chi connectivity index (χ0) is 26.1. The summed E-state index contributed by atoms with van der Waals surface area (Å²) in [5.41, 5.74) is 6.02. The van der Waals surface area contributed by atoms with E-state index in [9.17, 15) is 14.9 Å². The van der Waals surface area contributed by atoms with Crippen molar-refractivity contribution in [1.82, 2.24) is 5.48 Å². The van der Waals surface area contributed by atoms with E-state index in [1.807, 2.05) is 42.5 Å². The van der Waals surface area contributed by atoms with Crippen LogP contribution in [0.3, 0.4) is 0 Å². The van der Waals surface area contributed by atoms with Gasteiger partial charge in [-0.3, -0.25) is 0 Å². The molecule has 0 radical (unpaired) electrons. The van der Waals surface area contributed by atoms with Gasteiger partial charge in [-0.1, -0.05) is 74.4 Å². The smallest absolute Gasteiger partial charge is 0.357 e. The summed E-state index contributed by atoms with van der Waals surface area (Å²) in [7, 11) is 0. The molecule has 0 saturated carbocycles. The van der Waals surface area contributed by atoms with E-state index in [-0.39, 0.29) is 17.7 Å². The van der Waals surface area contributed by atoms with Gasteiger partial charge in [-0.2, -0.15) is 5.26 Å². The van der Waals surface area contributed by atoms with Gasteiger partial charge in [0.25, 0.3) is 0 Å². The first kappa shape index (κ1) is 25.9. The molecule has 182 valence electrons. The highest BCUT2D eigenvalue weighted by Gasteiger charge is 2.31. The summed E-state index contributed by atoms with van der Waals surface area (Å²) < 4.78 is 5.96. The number of anilines is 2. The molecule has 1 aliphatic rings. The predicted octanol–water partition coefficient (Wildman–Crippen LogP) is 5.29. The molecule has 3 rings (SSSR count). The number of hydrogen-bond donors (Lipinski definition) is 1. The van der Waals surface area contributed by atoms with Crippen LogP contribution in [0, 0.1) is 11.5 Å². The Balaban J connectivity index is 1.90. The minimum atomic E-state index is -0.779. The molecule has 0 amide bonds. The van der Waals surface area contributed by atoms with E-state index in [4.69, 9.17) is 9.57 Å². The number of ether oxygens (including phenoxy) is 1. The van der Waals surface area contributed by atoms with E-state index >= 15 is 0 Å². The van der Waals surface area contributed by atoms with Crippen molar-refractivity contribution < 1.29 is 19.2 Å². The maximum absolute atomic E-state index is 13.4. The van der Waals surface area contributed by atoms with Crippen molar-refractivity contribution in [2.24, 2.45) is 0 Å². The van der Waals surface area contributed by atoms with Gasteiger partial charge in [0.2, 0.25) is 0 Å². The van der Waals surface area contributed by atoms with Crippen LogP contribution in [0.25, 0.3) is 0 Å². The van der Waals surface area contributed by atoms with Crippen LogP contribution in [0.1, 0.15) is 24.2 Å². The lowest BCUT2D eigenvalue weighted by Gasteiger charge is -2.21. The Morgan fingerprint density at radius 1 is 1.11 bits per heavy atom. The molecule has 0 spiro atoms. The number of para-hydroxylation sites is 2. The van der Waals surface area contributed by atoms with Crippen LogP contribution in [0.15, 0.2) is 109 Å². The molecule has 2 aromatic rings. The number of fused-ring (bicyclic) bond motifs is 2. The standard InChI is InChI=1S/C29H27N3O4/c1-5-12-23(29(34)36-31-18-20(4)6-2)22(7-3)28(33)35-27-17-21-13-8-10-15-25(21)32(19-30)26-16-11-9-14-24(26)27/h5-16,27,31H,1-2,4,17-18H2,3H3/b22-7+,23-12+/t27-/m0/s1. The van der Waals surface area contributed by atoms with E-state index in [0.29, 0.717) is 23.2 Å². The summed E-state index contributed by atoms with van der Waals surface area (Å²) in [6.07, 6.45) is 7.67. The Morgan fingerprint density at radius 2 is 1.81 bits per heavy atom. The number of nitrogens with zero attached hydrogens (tertiary/aromatic N) is 2. The second-order valence-corrected chi connectivity index (χ2v) is 7.81. The van der Waals surface area contributed by atoms with E-state index < -0.39 is 18.0 Å². The molecule has 0 aromatic heterocycles. The van der Waals surface area contributed by atoms with Crippen LogP contribution < -0.4 is 10.4 Å². The first-order valence-corrected chi connectivity index (χ1v) is 11.3. The molecule has 2 aromatic carbocycles. The maximum Gasteiger partial charge on any atom is 0.357 e. The molecule has 0 saturated heterocycles. The Hall–Kier alpha value is -4.67. The van der Waals surface area contributed by atoms with Gasteiger partial charge in [0.05, 0.1) is 29.1 Å². The Bertz CT molecular complexity index is 1300. The molecule has 0 unspecified atom stereocenters. The topological polar surface area (TPSA) is 91.7 Å². The number of hydrogen-bond acceptors (Lipinski definition) is 7. The van der Waals surface area contributed by atoms with E-state index in [0.717, 1.165) is 11.3 Å². The van der Waals surface area contributed by atoms with Gasteiger partial charge in [0, 0.05) is 12.0 Å². The van der Waals surface area contributed by atoms with Gasteiger partial charge in [-0.05, 0) is 36.3 Å². The molecule has 1 N–H and O–H groups in total.